The lowest BCUT2D eigenvalue weighted by Gasteiger charge is -2.34. The van der Waals surface area contributed by atoms with Crippen LogP contribution in [0.1, 0.15) is 10.6 Å². The van der Waals surface area contributed by atoms with Gasteiger partial charge in [0.15, 0.2) is 5.82 Å². The highest BCUT2D eigenvalue weighted by Crippen LogP contribution is 2.15. The van der Waals surface area contributed by atoms with Crippen LogP contribution in [0.15, 0.2) is 23.8 Å². The first-order valence-corrected chi connectivity index (χ1v) is 8.82. The number of nitrogens with zero attached hydrogens (tertiary/aromatic N) is 5. The molecule has 1 aliphatic heterocycles. The van der Waals surface area contributed by atoms with Gasteiger partial charge in [0.2, 0.25) is 0 Å². The van der Waals surface area contributed by atoms with E-state index in [0.717, 1.165) is 45.0 Å². The Balaban J connectivity index is 1.49. The average Bonchev–Trinajstić information content (AvgIpc) is 2.99. The van der Waals surface area contributed by atoms with Gasteiger partial charge in [-0.25, -0.2) is 4.98 Å². The van der Waals surface area contributed by atoms with Crippen molar-refractivity contribution in [2.75, 3.05) is 44.7 Å². The molecule has 7 heteroatoms. The smallest absolute Gasteiger partial charge is 0.151 e. The quantitative estimate of drug-likeness (QED) is 0.801. The van der Waals surface area contributed by atoms with Crippen molar-refractivity contribution in [3.63, 3.8) is 0 Å². The van der Waals surface area contributed by atoms with Crippen molar-refractivity contribution < 1.29 is 4.74 Å². The summed E-state index contributed by atoms with van der Waals surface area (Å²) in [7, 11) is 2.03. The van der Waals surface area contributed by atoms with Crippen LogP contribution in [0.25, 0.3) is 0 Å². The maximum atomic E-state index is 5.92. The fourth-order valence-corrected chi connectivity index (χ4v) is 3.59. The minimum atomic E-state index is 0.207. The summed E-state index contributed by atoms with van der Waals surface area (Å²) in [4.78, 5) is 10.3. The summed E-state index contributed by atoms with van der Waals surface area (Å²) in [5.41, 5.74) is 3.10. The fourth-order valence-electron chi connectivity index (χ4n) is 2.82. The van der Waals surface area contributed by atoms with E-state index < -0.39 is 0 Å². The standard InChI is InChI=1S/C16H23N5OS/c1-13-15(23-12-17-13)5-7-21-8-9-22-14(11-21)10-20(2)16-4-3-6-18-19-16/h3-4,6,12,14H,5,7-11H2,1-2H3/t14-/m1/s1. The molecule has 3 rings (SSSR count). The SMILES string of the molecule is Cc1ncsc1CCN1CCO[C@H](CN(C)c2cccnn2)C1. The Bertz CT molecular complexity index is 606. The molecule has 0 saturated carbocycles. The Hall–Kier alpha value is -1.57. The zero-order valence-electron chi connectivity index (χ0n) is 13.7. The predicted molar refractivity (Wildman–Crippen MR) is 92.0 cm³/mol. The van der Waals surface area contributed by atoms with Crippen LogP contribution >= 0.6 is 11.3 Å². The average molecular weight is 333 g/mol. The van der Waals surface area contributed by atoms with Crippen LogP contribution in [0.3, 0.4) is 0 Å². The van der Waals surface area contributed by atoms with Crippen LogP contribution in [0.2, 0.25) is 0 Å². The number of ether oxygens (including phenoxy) is 1. The molecule has 0 amide bonds. The molecule has 23 heavy (non-hydrogen) atoms. The van der Waals surface area contributed by atoms with Gasteiger partial charge in [-0.2, -0.15) is 5.10 Å². The van der Waals surface area contributed by atoms with Crippen molar-refractivity contribution in [3.8, 4) is 0 Å². The second-order valence-electron chi connectivity index (χ2n) is 5.87. The van der Waals surface area contributed by atoms with Gasteiger partial charge in [-0.3, -0.25) is 4.90 Å². The summed E-state index contributed by atoms with van der Waals surface area (Å²) >= 11 is 1.75. The van der Waals surface area contributed by atoms with E-state index in [-0.39, 0.29) is 6.10 Å². The van der Waals surface area contributed by atoms with E-state index in [9.17, 15) is 0 Å². The van der Waals surface area contributed by atoms with E-state index in [1.807, 2.05) is 24.7 Å². The van der Waals surface area contributed by atoms with Gasteiger partial charge in [-0.15, -0.1) is 16.4 Å². The van der Waals surface area contributed by atoms with Gasteiger partial charge >= 0.3 is 0 Å². The van der Waals surface area contributed by atoms with Crippen molar-refractivity contribution in [1.29, 1.82) is 0 Å². The third-order valence-corrected chi connectivity index (χ3v) is 5.14. The minimum Gasteiger partial charge on any atom is -0.374 e. The molecule has 0 bridgehead atoms. The first-order chi connectivity index (χ1) is 11.2. The van der Waals surface area contributed by atoms with Crippen molar-refractivity contribution in [3.05, 3.63) is 34.4 Å². The Morgan fingerprint density at radius 1 is 1.48 bits per heavy atom. The molecule has 2 aromatic heterocycles. The molecule has 1 saturated heterocycles. The lowest BCUT2D eigenvalue weighted by Crippen LogP contribution is -2.47. The van der Waals surface area contributed by atoms with Crippen LogP contribution in [0.5, 0.6) is 0 Å². The molecule has 3 heterocycles. The lowest BCUT2D eigenvalue weighted by molar-refractivity contribution is -0.0230. The molecular weight excluding hydrogens is 310 g/mol. The van der Waals surface area contributed by atoms with Crippen molar-refractivity contribution in [1.82, 2.24) is 20.1 Å². The van der Waals surface area contributed by atoms with E-state index in [0.29, 0.717) is 0 Å². The Kier molecular flexibility index (Phi) is 5.53. The summed E-state index contributed by atoms with van der Waals surface area (Å²) in [6.45, 7) is 6.74. The summed E-state index contributed by atoms with van der Waals surface area (Å²) < 4.78 is 5.92. The fraction of sp³-hybridized carbons (Fsp3) is 0.562. The summed E-state index contributed by atoms with van der Waals surface area (Å²) in [5, 5.41) is 8.08. The van der Waals surface area contributed by atoms with Crippen molar-refractivity contribution >= 4 is 17.2 Å². The van der Waals surface area contributed by atoms with Crippen LogP contribution in [0, 0.1) is 6.92 Å². The molecule has 0 aromatic carbocycles. The zero-order valence-corrected chi connectivity index (χ0v) is 14.5. The van der Waals surface area contributed by atoms with Gasteiger partial charge in [0.25, 0.3) is 0 Å². The molecule has 0 N–H and O–H groups in total. The van der Waals surface area contributed by atoms with E-state index in [2.05, 4.69) is 31.9 Å². The van der Waals surface area contributed by atoms with Gasteiger partial charge < -0.3 is 9.64 Å². The number of likely N-dealkylation sites (N-methyl/N-ethyl adjacent to an activating group) is 1. The third kappa shape index (κ3) is 4.46. The molecule has 124 valence electrons. The first kappa shape index (κ1) is 16.3. The molecule has 0 spiro atoms. The summed E-state index contributed by atoms with van der Waals surface area (Å²) in [5.74, 6) is 0.883. The van der Waals surface area contributed by atoms with E-state index in [1.165, 1.54) is 10.6 Å². The zero-order chi connectivity index (χ0) is 16.1. The number of aromatic nitrogens is 3. The molecular formula is C16H23N5OS. The molecule has 0 aliphatic carbocycles. The Morgan fingerprint density at radius 3 is 3.13 bits per heavy atom. The normalized spacial score (nSPS) is 19.0. The number of hydrogen-bond donors (Lipinski definition) is 0. The van der Waals surface area contributed by atoms with Gasteiger partial charge in [0.05, 0.1) is 23.9 Å². The Labute approximate surface area is 141 Å². The van der Waals surface area contributed by atoms with E-state index in [4.69, 9.17) is 4.74 Å². The van der Waals surface area contributed by atoms with Crippen molar-refractivity contribution in [2.24, 2.45) is 0 Å². The number of aryl methyl sites for hydroxylation is 1. The monoisotopic (exact) mass is 333 g/mol. The maximum absolute atomic E-state index is 5.92. The minimum absolute atomic E-state index is 0.207. The number of thiazole rings is 1. The highest BCUT2D eigenvalue weighted by molar-refractivity contribution is 7.09. The van der Waals surface area contributed by atoms with E-state index in [1.54, 1.807) is 17.5 Å². The van der Waals surface area contributed by atoms with Gasteiger partial charge in [0.1, 0.15) is 0 Å². The topological polar surface area (TPSA) is 54.4 Å². The second kappa shape index (κ2) is 7.81. The third-order valence-electron chi connectivity index (χ3n) is 4.15. The van der Waals surface area contributed by atoms with Crippen LogP contribution in [-0.2, 0) is 11.2 Å². The highest BCUT2D eigenvalue weighted by Gasteiger charge is 2.22. The number of anilines is 1. The van der Waals surface area contributed by atoms with Crippen molar-refractivity contribution in [2.45, 2.75) is 19.4 Å². The van der Waals surface area contributed by atoms with Crippen LogP contribution in [-0.4, -0.2) is 66.0 Å². The first-order valence-electron chi connectivity index (χ1n) is 7.94. The molecule has 6 nitrogen and oxygen atoms in total. The van der Waals surface area contributed by atoms with Crippen LogP contribution in [0.4, 0.5) is 5.82 Å². The Morgan fingerprint density at radius 2 is 2.39 bits per heavy atom. The maximum Gasteiger partial charge on any atom is 0.151 e. The molecule has 1 fully saturated rings. The summed E-state index contributed by atoms with van der Waals surface area (Å²) in [6, 6.07) is 3.88. The van der Waals surface area contributed by atoms with Crippen LogP contribution < -0.4 is 4.90 Å². The van der Waals surface area contributed by atoms with Gasteiger partial charge in [0, 0.05) is 44.3 Å². The molecule has 0 unspecified atom stereocenters. The highest BCUT2D eigenvalue weighted by atomic mass is 32.1. The summed E-state index contributed by atoms with van der Waals surface area (Å²) in [6.07, 6.45) is 2.97. The number of rotatable bonds is 6. The van der Waals surface area contributed by atoms with Gasteiger partial charge in [-0.05, 0) is 25.5 Å². The van der Waals surface area contributed by atoms with Gasteiger partial charge in [-0.1, -0.05) is 0 Å². The molecule has 2 aromatic rings. The van der Waals surface area contributed by atoms with E-state index >= 15 is 0 Å². The number of morpholine rings is 1. The predicted octanol–water partition coefficient (Wildman–Crippen LogP) is 1.62. The molecule has 0 radical (unpaired) electrons. The molecule has 1 atom stereocenters. The molecule has 1 aliphatic rings. The second-order valence-corrected chi connectivity index (χ2v) is 6.81. The number of hydrogen-bond acceptors (Lipinski definition) is 7. The largest absolute Gasteiger partial charge is 0.374 e. The lowest BCUT2D eigenvalue weighted by atomic mass is 10.2.